The molecule has 2 aromatic carbocycles. The van der Waals surface area contributed by atoms with E-state index in [2.05, 4.69) is 4.74 Å². The number of nitrogens with two attached hydrogens (primary N) is 1. The van der Waals surface area contributed by atoms with Gasteiger partial charge in [-0.3, -0.25) is 0 Å². The molecule has 0 saturated carbocycles. The monoisotopic (exact) mass is 287 g/mol. The molecule has 0 heterocycles. The SMILES string of the molecule is COC(=O)c1ccc(OCOCc2ccccc2)c(N)c1. The lowest BCUT2D eigenvalue weighted by atomic mass is 10.2. The maximum Gasteiger partial charge on any atom is 0.337 e. The zero-order valence-corrected chi connectivity index (χ0v) is 11.7. The Morgan fingerprint density at radius 3 is 2.57 bits per heavy atom. The molecule has 0 spiro atoms. The number of hydrogen-bond donors (Lipinski definition) is 1. The van der Waals surface area contributed by atoms with Crippen LogP contribution in [0.1, 0.15) is 15.9 Å². The maximum absolute atomic E-state index is 11.4. The van der Waals surface area contributed by atoms with Crippen LogP contribution in [0.25, 0.3) is 0 Å². The summed E-state index contributed by atoms with van der Waals surface area (Å²) in [7, 11) is 1.32. The number of benzene rings is 2. The number of rotatable bonds is 6. The zero-order valence-electron chi connectivity index (χ0n) is 11.7. The van der Waals surface area contributed by atoms with Gasteiger partial charge in [0.1, 0.15) is 5.75 Å². The Hall–Kier alpha value is -2.53. The van der Waals surface area contributed by atoms with Gasteiger partial charge in [0, 0.05) is 0 Å². The minimum absolute atomic E-state index is 0.0800. The zero-order chi connectivity index (χ0) is 15.1. The second kappa shape index (κ2) is 7.31. The summed E-state index contributed by atoms with van der Waals surface area (Å²) in [5.41, 5.74) is 7.63. The lowest BCUT2D eigenvalue weighted by molar-refractivity contribution is 0.00545. The first kappa shape index (κ1) is 14.9. The maximum atomic E-state index is 11.4. The van der Waals surface area contributed by atoms with E-state index in [0.717, 1.165) is 5.56 Å². The van der Waals surface area contributed by atoms with Crippen molar-refractivity contribution in [3.05, 3.63) is 59.7 Å². The molecule has 0 unspecified atom stereocenters. The molecule has 0 aliphatic carbocycles. The smallest absolute Gasteiger partial charge is 0.337 e. The summed E-state index contributed by atoms with van der Waals surface area (Å²) in [6, 6.07) is 14.5. The molecule has 0 radical (unpaired) electrons. The first-order valence-corrected chi connectivity index (χ1v) is 6.43. The third-order valence-corrected chi connectivity index (χ3v) is 2.84. The predicted molar refractivity (Wildman–Crippen MR) is 78.9 cm³/mol. The average molecular weight is 287 g/mol. The van der Waals surface area contributed by atoms with Gasteiger partial charge < -0.3 is 19.9 Å². The van der Waals surface area contributed by atoms with Crippen LogP contribution in [0.15, 0.2) is 48.5 Å². The Kier molecular flexibility index (Phi) is 5.17. The van der Waals surface area contributed by atoms with Crippen molar-refractivity contribution in [2.45, 2.75) is 6.61 Å². The highest BCUT2D eigenvalue weighted by atomic mass is 16.7. The quantitative estimate of drug-likeness (QED) is 0.383. The standard InChI is InChI=1S/C16H17NO4/c1-19-16(18)13-7-8-15(14(17)9-13)21-11-20-10-12-5-3-2-4-6-12/h2-9H,10-11,17H2,1H3. The van der Waals surface area contributed by atoms with Crippen molar-refractivity contribution in [2.75, 3.05) is 19.6 Å². The summed E-state index contributed by atoms with van der Waals surface area (Å²) in [6.45, 7) is 0.539. The van der Waals surface area contributed by atoms with Crippen LogP contribution in [0.5, 0.6) is 5.75 Å². The Morgan fingerprint density at radius 1 is 1.14 bits per heavy atom. The molecule has 0 atom stereocenters. The van der Waals surface area contributed by atoms with E-state index in [1.54, 1.807) is 12.1 Å². The topological polar surface area (TPSA) is 70.8 Å². The van der Waals surface area contributed by atoms with Gasteiger partial charge in [0.2, 0.25) is 0 Å². The normalized spacial score (nSPS) is 10.1. The summed E-state index contributed by atoms with van der Waals surface area (Å²) in [6.07, 6.45) is 0. The van der Waals surface area contributed by atoms with Gasteiger partial charge in [0.15, 0.2) is 6.79 Å². The van der Waals surface area contributed by atoms with Crippen molar-refractivity contribution >= 4 is 11.7 Å². The molecule has 0 amide bonds. The number of esters is 1. The van der Waals surface area contributed by atoms with Gasteiger partial charge >= 0.3 is 5.97 Å². The molecule has 21 heavy (non-hydrogen) atoms. The summed E-state index contributed by atoms with van der Waals surface area (Å²) < 4.78 is 15.5. The van der Waals surface area contributed by atoms with Crippen LogP contribution >= 0.6 is 0 Å². The molecule has 5 nitrogen and oxygen atoms in total. The number of anilines is 1. The lowest BCUT2D eigenvalue weighted by Crippen LogP contribution is -2.06. The van der Waals surface area contributed by atoms with E-state index in [0.29, 0.717) is 23.6 Å². The van der Waals surface area contributed by atoms with Gasteiger partial charge in [-0.2, -0.15) is 0 Å². The van der Waals surface area contributed by atoms with E-state index in [-0.39, 0.29) is 6.79 Å². The Bertz CT molecular complexity index is 598. The van der Waals surface area contributed by atoms with Crippen LogP contribution in [0, 0.1) is 0 Å². The number of carbonyl (C=O) groups is 1. The Balaban J connectivity index is 1.85. The van der Waals surface area contributed by atoms with Crippen LogP contribution in [0.2, 0.25) is 0 Å². The molecule has 0 aromatic heterocycles. The van der Waals surface area contributed by atoms with E-state index in [4.69, 9.17) is 15.2 Å². The van der Waals surface area contributed by atoms with Crippen LogP contribution in [0.3, 0.4) is 0 Å². The fourth-order valence-electron chi connectivity index (χ4n) is 1.76. The second-order valence-corrected chi connectivity index (χ2v) is 4.34. The second-order valence-electron chi connectivity index (χ2n) is 4.34. The molecule has 0 fully saturated rings. The van der Waals surface area contributed by atoms with Crippen molar-refractivity contribution in [1.82, 2.24) is 0 Å². The summed E-state index contributed by atoms with van der Waals surface area (Å²) in [5.74, 6) is 0.0318. The molecule has 2 aromatic rings. The number of nitrogen functional groups attached to an aromatic ring is 1. The summed E-state index contributed by atoms with van der Waals surface area (Å²) in [4.78, 5) is 11.4. The van der Waals surface area contributed by atoms with Gasteiger partial charge in [-0.1, -0.05) is 30.3 Å². The van der Waals surface area contributed by atoms with E-state index < -0.39 is 5.97 Å². The summed E-state index contributed by atoms with van der Waals surface area (Å²) >= 11 is 0. The molecular weight excluding hydrogens is 270 g/mol. The average Bonchev–Trinajstić information content (AvgIpc) is 2.53. The van der Waals surface area contributed by atoms with E-state index >= 15 is 0 Å². The van der Waals surface area contributed by atoms with Crippen LogP contribution in [-0.4, -0.2) is 19.9 Å². The molecule has 0 saturated heterocycles. The van der Waals surface area contributed by atoms with E-state index in [1.807, 2.05) is 30.3 Å². The molecule has 110 valence electrons. The van der Waals surface area contributed by atoms with Gasteiger partial charge in [0.05, 0.1) is 25.0 Å². The molecule has 2 N–H and O–H groups in total. The Labute approximate surface area is 123 Å². The number of ether oxygens (including phenoxy) is 3. The van der Waals surface area contributed by atoms with Crippen LogP contribution in [0.4, 0.5) is 5.69 Å². The van der Waals surface area contributed by atoms with Gasteiger partial charge in [-0.15, -0.1) is 0 Å². The summed E-state index contributed by atoms with van der Waals surface area (Å²) in [5, 5.41) is 0. The highest BCUT2D eigenvalue weighted by molar-refractivity contribution is 5.90. The third-order valence-electron chi connectivity index (χ3n) is 2.84. The number of carbonyl (C=O) groups excluding carboxylic acids is 1. The Morgan fingerprint density at radius 2 is 1.90 bits per heavy atom. The molecule has 0 aliphatic heterocycles. The van der Waals surface area contributed by atoms with Crippen LogP contribution < -0.4 is 10.5 Å². The van der Waals surface area contributed by atoms with Crippen molar-refractivity contribution < 1.29 is 19.0 Å². The molecule has 2 rings (SSSR count). The van der Waals surface area contributed by atoms with Gasteiger partial charge in [0.25, 0.3) is 0 Å². The molecule has 0 bridgehead atoms. The van der Waals surface area contributed by atoms with Crippen LogP contribution in [-0.2, 0) is 16.1 Å². The molecule has 5 heteroatoms. The van der Waals surface area contributed by atoms with Gasteiger partial charge in [-0.05, 0) is 23.8 Å². The largest absolute Gasteiger partial charge is 0.465 e. The first-order chi connectivity index (χ1) is 10.2. The molecular formula is C16H17NO4. The number of methoxy groups -OCH3 is 1. The minimum atomic E-state index is -0.437. The lowest BCUT2D eigenvalue weighted by Gasteiger charge is -2.10. The van der Waals surface area contributed by atoms with Gasteiger partial charge in [-0.25, -0.2) is 4.79 Å². The number of hydrogen-bond acceptors (Lipinski definition) is 5. The highest BCUT2D eigenvalue weighted by Crippen LogP contribution is 2.23. The first-order valence-electron chi connectivity index (χ1n) is 6.43. The fourth-order valence-corrected chi connectivity index (χ4v) is 1.76. The van der Waals surface area contributed by atoms with Crippen molar-refractivity contribution in [3.63, 3.8) is 0 Å². The van der Waals surface area contributed by atoms with Crippen molar-refractivity contribution in [2.24, 2.45) is 0 Å². The highest BCUT2D eigenvalue weighted by Gasteiger charge is 2.08. The van der Waals surface area contributed by atoms with Crippen molar-refractivity contribution in [1.29, 1.82) is 0 Å². The molecule has 0 aliphatic rings. The van der Waals surface area contributed by atoms with E-state index in [1.165, 1.54) is 13.2 Å². The minimum Gasteiger partial charge on any atom is -0.465 e. The fraction of sp³-hybridized carbons (Fsp3) is 0.188. The van der Waals surface area contributed by atoms with E-state index in [9.17, 15) is 4.79 Å². The third kappa shape index (κ3) is 4.22. The predicted octanol–water partition coefficient (Wildman–Crippen LogP) is 2.61. The van der Waals surface area contributed by atoms with Crippen molar-refractivity contribution in [3.8, 4) is 5.75 Å².